The van der Waals surface area contributed by atoms with Gasteiger partial charge in [0.2, 0.25) is 15.9 Å². The van der Waals surface area contributed by atoms with Gasteiger partial charge in [-0.05, 0) is 47.8 Å². The predicted octanol–water partition coefficient (Wildman–Crippen LogP) is 3.31. The number of amides is 2. The molecule has 2 amide bonds. The largest absolute Gasteiger partial charge is 0.326 e. The second-order valence-corrected chi connectivity index (χ2v) is 8.73. The van der Waals surface area contributed by atoms with Crippen LogP contribution in [0.25, 0.3) is 0 Å². The van der Waals surface area contributed by atoms with Crippen LogP contribution >= 0.6 is 11.3 Å². The van der Waals surface area contributed by atoms with Crippen molar-refractivity contribution in [3.05, 3.63) is 77.0 Å². The molecule has 0 aliphatic rings. The van der Waals surface area contributed by atoms with Crippen LogP contribution in [0.15, 0.2) is 77.0 Å². The van der Waals surface area contributed by atoms with E-state index in [0.29, 0.717) is 16.3 Å². The van der Waals surface area contributed by atoms with Gasteiger partial charge in [0.15, 0.2) is 0 Å². The Morgan fingerprint density at radius 3 is 2.10 bits per heavy atom. The van der Waals surface area contributed by atoms with Crippen molar-refractivity contribution in [2.45, 2.75) is 11.3 Å². The highest BCUT2D eigenvalue weighted by Crippen LogP contribution is 2.16. The number of rotatable bonds is 8. The first-order valence-corrected chi connectivity index (χ1v) is 11.1. The highest BCUT2D eigenvalue weighted by molar-refractivity contribution is 7.89. The van der Waals surface area contributed by atoms with E-state index in [9.17, 15) is 18.0 Å². The fourth-order valence-corrected chi connectivity index (χ4v) is 4.11. The van der Waals surface area contributed by atoms with Crippen LogP contribution in [0.3, 0.4) is 0 Å². The summed E-state index contributed by atoms with van der Waals surface area (Å²) < 4.78 is 26.6. The van der Waals surface area contributed by atoms with E-state index in [1.807, 2.05) is 5.38 Å². The van der Waals surface area contributed by atoms with Gasteiger partial charge in [-0.15, -0.1) is 11.3 Å². The van der Waals surface area contributed by atoms with E-state index >= 15 is 0 Å². The van der Waals surface area contributed by atoms with Gasteiger partial charge in [0.1, 0.15) is 0 Å². The monoisotopic (exact) mass is 429 g/mol. The summed E-state index contributed by atoms with van der Waals surface area (Å²) >= 11 is 1.35. The summed E-state index contributed by atoms with van der Waals surface area (Å²) in [6, 6.07) is 18.2. The molecule has 3 rings (SSSR count). The number of sulfonamides is 1. The molecule has 1 heterocycles. The third-order valence-corrected chi connectivity index (χ3v) is 6.21. The maximum atomic E-state index is 12.1. The van der Waals surface area contributed by atoms with Gasteiger partial charge in [-0.3, -0.25) is 9.59 Å². The molecule has 0 aliphatic carbocycles. The summed E-state index contributed by atoms with van der Waals surface area (Å²) in [5.41, 5.74) is 1.16. The minimum Gasteiger partial charge on any atom is -0.326 e. The molecule has 0 bridgehead atoms. The standard InChI is InChI=1S/C20H19N3O4S2/c24-19(12-13-21-29(26,27)17-5-2-1-3-6-17)22-15-8-10-16(11-9-15)23-20(25)18-7-4-14-28-18/h1-11,14,21H,12-13H2,(H,22,24)(H,23,25). The Labute approximate surface area is 172 Å². The van der Waals surface area contributed by atoms with Crippen LogP contribution in [0.2, 0.25) is 0 Å². The van der Waals surface area contributed by atoms with Crippen molar-refractivity contribution >= 4 is 44.5 Å². The van der Waals surface area contributed by atoms with Crippen LogP contribution < -0.4 is 15.4 Å². The van der Waals surface area contributed by atoms with Crippen molar-refractivity contribution in [2.24, 2.45) is 0 Å². The lowest BCUT2D eigenvalue weighted by Crippen LogP contribution is -2.27. The van der Waals surface area contributed by atoms with Gasteiger partial charge < -0.3 is 10.6 Å². The molecule has 29 heavy (non-hydrogen) atoms. The van der Waals surface area contributed by atoms with Gasteiger partial charge in [-0.25, -0.2) is 13.1 Å². The van der Waals surface area contributed by atoms with Crippen LogP contribution in [0.4, 0.5) is 11.4 Å². The number of nitrogens with one attached hydrogen (secondary N) is 3. The third-order valence-electron chi connectivity index (χ3n) is 3.87. The molecule has 150 valence electrons. The minimum atomic E-state index is -3.63. The van der Waals surface area contributed by atoms with Crippen molar-refractivity contribution in [1.82, 2.24) is 4.72 Å². The van der Waals surface area contributed by atoms with Gasteiger partial charge in [-0.1, -0.05) is 24.3 Å². The Morgan fingerprint density at radius 2 is 1.48 bits per heavy atom. The number of benzene rings is 2. The Kier molecular flexibility index (Phi) is 6.76. The van der Waals surface area contributed by atoms with Crippen molar-refractivity contribution in [2.75, 3.05) is 17.2 Å². The molecule has 0 atom stereocenters. The van der Waals surface area contributed by atoms with Crippen LogP contribution in [0, 0.1) is 0 Å². The first-order chi connectivity index (χ1) is 13.9. The Hall–Kier alpha value is -3.01. The van der Waals surface area contributed by atoms with E-state index in [4.69, 9.17) is 0 Å². The summed E-state index contributed by atoms with van der Waals surface area (Å²) in [4.78, 5) is 24.8. The van der Waals surface area contributed by atoms with Crippen LogP contribution in [-0.2, 0) is 14.8 Å². The number of anilines is 2. The van der Waals surface area contributed by atoms with E-state index in [0.717, 1.165) is 0 Å². The fraction of sp³-hybridized carbons (Fsp3) is 0.100. The Bertz CT molecular complexity index is 1060. The van der Waals surface area contributed by atoms with Crippen molar-refractivity contribution in [3.8, 4) is 0 Å². The lowest BCUT2D eigenvalue weighted by atomic mass is 10.2. The predicted molar refractivity (Wildman–Crippen MR) is 114 cm³/mol. The molecule has 0 radical (unpaired) electrons. The molecule has 0 saturated carbocycles. The molecule has 0 spiro atoms. The average molecular weight is 430 g/mol. The zero-order valence-corrected chi connectivity index (χ0v) is 16.9. The minimum absolute atomic E-state index is 0.0110. The fourth-order valence-electron chi connectivity index (χ4n) is 2.44. The first-order valence-electron chi connectivity index (χ1n) is 8.73. The van der Waals surface area contributed by atoms with Crippen molar-refractivity contribution in [1.29, 1.82) is 0 Å². The SMILES string of the molecule is O=C(CCNS(=O)(=O)c1ccccc1)Nc1ccc(NC(=O)c2cccs2)cc1. The molecule has 3 N–H and O–H groups in total. The van der Waals surface area contributed by atoms with Gasteiger partial charge in [0.25, 0.3) is 5.91 Å². The molecular weight excluding hydrogens is 410 g/mol. The maximum absolute atomic E-state index is 12.1. The lowest BCUT2D eigenvalue weighted by molar-refractivity contribution is -0.116. The van der Waals surface area contributed by atoms with E-state index < -0.39 is 10.0 Å². The van der Waals surface area contributed by atoms with E-state index in [1.54, 1.807) is 54.6 Å². The Morgan fingerprint density at radius 1 is 0.828 bits per heavy atom. The molecule has 7 nitrogen and oxygen atoms in total. The Balaban J connectivity index is 1.46. The van der Waals surface area contributed by atoms with Crippen molar-refractivity contribution in [3.63, 3.8) is 0 Å². The second kappa shape index (κ2) is 9.46. The molecule has 9 heteroatoms. The normalized spacial score (nSPS) is 11.0. The molecule has 0 unspecified atom stereocenters. The highest BCUT2D eigenvalue weighted by Gasteiger charge is 2.13. The smallest absolute Gasteiger partial charge is 0.265 e. The average Bonchev–Trinajstić information content (AvgIpc) is 3.25. The quantitative estimate of drug-likeness (QED) is 0.511. The number of hydrogen-bond donors (Lipinski definition) is 3. The van der Waals surface area contributed by atoms with E-state index in [-0.39, 0.29) is 29.7 Å². The van der Waals surface area contributed by atoms with Gasteiger partial charge in [-0.2, -0.15) is 0 Å². The first kappa shape index (κ1) is 20.7. The topological polar surface area (TPSA) is 104 Å². The number of thiophene rings is 1. The van der Waals surface area contributed by atoms with Crippen molar-refractivity contribution < 1.29 is 18.0 Å². The molecule has 0 aliphatic heterocycles. The zero-order valence-electron chi connectivity index (χ0n) is 15.3. The van der Waals surface area contributed by atoms with Crippen LogP contribution in [0.5, 0.6) is 0 Å². The zero-order chi connectivity index (χ0) is 20.7. The van der Waals surface area contributed by atoms with E-state index in [2.05, 4.69) is 15.4 Å². The molecule has 1 aromatic heterocycles. The van der Waals surface area contributed by atoms with Gasteiger partial charge in [0, 0.05) is 24.3 Å². The molecular formula is C20H19N3O4S2. The maximum Gasteiger partial charge on any atom is 0.265 e. The molecule has 0 fully saturated rings. The number of carbonyl (C=O) groups excluding carboxylic acids is 2. The summed E-state index contributed by atoms with van der Waals surface area (Å²) in [6.07, 6.45) is -0.0110. The van der Waals surface area contributed by atoms with Crippen LogP contribution in [-0.4, -0.2) is 26.8 Å². The summed E-state index contributed by atoms with van der Waals surface area (Å²) in [6.45, 7) is -0.0159. The van der Waals surface area contributed by atoms with E-state index in [1.165, 1.54) is 23.5 Å². The summed E-state index contributed by atoms with van der Waals surface area (Å²) in [5.74, 6) is -0.515. The third kappa shape index (κ3) is 5.98. The molecule has 2 aromatic carbocycles. The second-order valence-electron chi connectivity index (χ2n) is 6.02. The molecule has 0 saturated heterocycles. The molecule has 3 aromatic rings. The summed E-state index contributed by atoms with van der Waals surface area (Å²) in [7, 11) is -3.63. The summed E-state index contributed by atoms with van der Waals surface area (Å²) in [5, 5.41) is 7.29. The van der Waals surface area contributed by atoms with Crippen LogP contribution in [0.1, 0.15) is 16.1 Å². The number of hydrogen-bond acceptors (Lipinski definition) is 5. The number of carbonyl (C=O) groups is 2. The highest BCUT2D eigenvalue weighted by atomic mass is 32.2. The lowest BCUT2D eigenvalue weighted by Gasteiger charge is -2.09. The van der Waals surface area contributed by atoms with Gasteiger partial charge >= 0.3 is 0 Å². The van der Waals surface area contributed by atoms with Gasteiger partial charge in [0.05, 0.1) is 9.77 Å².